The molecule has 12 rings (SSSR count). The summed E-state index contributed by atoms with van der Waals surface area (Å²) in [7, 11) is 4.78. The molecular weight excluding hydrogens is 1370 g/mol. The summed E-state index contributed by atoms with van der Waals surface area (Å²) in [6.07, 6.45) is 8.77. The molecule has 0 saturated carbocycles. The van der Waals surface area contributed by atoms with Gasteiger partial charge < -0.3 is 48.6 Å². The Morgan fingerprint density at radius 1 is 0.404 bits per heavy atom. The molecule has 0 aliphatic carbocycles. The third-order valence-corrected chi connectivity index (χ3v) is 20.4. The number of carbonyl (C=O) groups excluding carboxylic acids is 5. The van der Waals surface area contributed by atoms with Crippen molar-refractivity contribution in [3.05, 3.63) is 280 Å². The van der Waals surface area contributed by atoms with Gasteiger partial charge in [0.25, 0.3) is 11.8 Å². The van der Waals surface area contributed by atoms with E-state index in [-0.39, 0.29) is 60.3 Å². The van der Waals surface area contributed by atoms with Gasteiger partial charge in [-0.2, -0.15) is 0 Å². The Labute approximate surface area is 641 Å². The van der Waals surface area contributed by atoms with Crippen LogP contribution in [0.3, 0.4) is 0 Å². The average Bonchev–Trinajstić information content (AvgIpc) is 0.799. The standard InChI is InChI=1S/2C30H34N2O4.C21H26N2O3.C9H10O2/c2*1-6-36-29(33)16-26(27-17-31-28(35-5)14-21(27)4)23-10-9-22-11-12-32(18-24(22)15-23)30(34)25-13-19(2)7-8-20(25)3;1-4-26-21(24)11-18(19-13-23-20(25-3)9-14(19)2)16-6-5-15-7-8-22-12-17(15)10-16;1-6-3-4-7(2)8(5-6)9(10)11/h2*7-10,13-15,17,26H,6,11-12,16,18H2,1-5H3;5-6,9-10,13,18,22H,4,7-8,11-12H2,1-3H3;3-5H,1-2H3,(H,10,11)/t2*26-;;/m10../s1. The number of aryl methyl sites for hydroxylation is 9. The van der Waals surface area contributed by atoms with Gasteiger partial charge in [-0.15, -0.1) is 0 Å². The van der Waals surface area contributed by atoms with Gasteiger partial charge in [-0.1, -0.05) is 108 Å². The average molecular weight is 1480 g/mol. The maximum Gasteiger partial charge on any atom is 0.335 e. The number of aromatic nitrogens is 3. The van der Waals surface area contributed by atoms with E-state index >= 15 is 0 Å². The molecule has 19 nitrogen and oxygen atoms in total. The SMILES string of the molecule is CCOC(=O)CC(c1ccc2c(c1)CNCC2)c1cnc(OC)cc1C.CCOC(=O)C[C@@H](c1ccc2c(c1)CN(C(=O)c1cc(C)ccc1C)CC2)c1cnc(OC)cc1C.CCOC(=O)C[C@H](c1ccc2c(c1)CN(C(=O)c1cc(C)ccc1C)CC2)c1cnc(OC)cc1C.Cc1ccc(C)c(C(=O)O)c1. The highest BCUT2D eigenvalue weighted by Gasteiger charge is 2.30. The number of benzene rings is 6. The van der Waals surface area contributed by atoms with Crippen LogP contribution in [0, 0.1) is 62.3 Å². The summed E-state index contributed by atoms with van der Waals surface area (Å²) in [5, 5.41) is 12.1. The first-order chi connectivity index (χ1) is 52.3. The minimum absolute atomic E-state index is 0.0607. The molecular formula is C90H104N6O13. The number of pyridine rings is 3. The minimum atomic E-state index is -0.855. The Morgan fingerprint density at radius 2 is 0.734 bits per heavy atom. The molecule has 6 aromatic carbocycles. The van der Waals surface area contributed by atoms with Crippen molar-refractivity contribution in [1.29, 1.82) is 0 Å². The number of carboxylic acids is 1. The number of carbonyl (C=O) groups is 6. The highest BCUT2D eigenvalue weighted by Crippen LogP contribution is 2.38. The number of carboxylic acid groups (broad SMARTS) is 1. The van der Waals surface area contributed by atoms with Gasteiger partial charge in [0.15, 0.2) is 0 Å². The number of hydrogen-bond donors (Lipinski definition) is 2. The van der Waals surface area contributed by atoms with Crippen LogP contribution in [-0.4, -0.2) is 126 Å². The van der Waals surface area contributed by atoms with Crippen LogP contribution >= 0.6 is 0 Å². The number of methoxy groups -OCH3 is 3. The molecule has 1 unspecified atom stereocenters. The second kappa shape index (κ2) is 38.7. The summed E-state index contributed by atoms with van der Waals surface area (Å²) < 4.78 is 31.6. The van der Waals surface area contributed by atoms with Crippen molar-refractivity contribution in [1.82, 2.24) is 30.1 Å². The third kappa shape index (κ3) is 21.4. The lowest BCUT2D eigenvalue weighted by Crippen LogP contribution is -2.36. The summed E-state index contributed by atoms with van der Waals surface area (Å²) in [4.78, 5) is 91.7. The summed E-state index contributed by atoms with van der Waals surface area (Å²) in [5.74, 6) is -0.268. The number of nitrogens with zero attached hydrogens (tertiary/aromatic N) is 5. The van der Waals surface area contributed by atoms with Crippen LogP contribution in [0.1, 0.15) is 206 Å². The largest absolute Gasteiger partial charge is 0.481 e. The molecule has 3 aliphatic rings. The molecule has 109 heavy (non-hydrogen) atoms. The molecule has 19 heteroatoms. The smallest absolute Gasteiger partial charge is 0.335 e. The number of aromatic carboxylic acids is 1. The highest BCUT2D eigenvalue weighted by molar-refractivity contribution is 5.97. The van der Waals surface area contributed by atoms with Crippen LogP contribution in [0.25, 0.3) is 0 Å². The zero-order chi connectivity index (χ0) is 78.6. The summed E-state index contributed by atoms with van der Waals surface area (Å²) in [5.41, 5.74) is 24.4. The van der Waals surface area contributed by atoms with Crippen LogP contribution in [-0.2, 0) is 67.5 Å². The summed E-state index contributed by atoms with van der Waals surface area (Å²) in [6, 6.07) is 42.4. The Morgan fingerprint density at radius 3 is 1.06 bits per heavy atom. The van der Waals surface area contributed by atoms with Gasteiger partial charge in [0.2, 0.25) is 17.6 Å². The second-order valence-corrected chi connectivity index (χ2v) is 28.2. The van der Waals surface area contributed by atoms with Gasteiger partial charge in [0.05, 0.1) is 66.0 Å². The molecule has 6 heterocycles. The van der Waals surface area contributed by atoms with E-state index in [9.17, 15) is 28.8 Å². The van der Waals surface area contributed by atoms with E-state index < -0.39 is 5.97 Å². The van der Waals surface area contributed by atoms with Crippen LogP contribution in [0.15, 0.2) is 146 Å². The highest BCUT2D eigenvalue weighted by atomic mass is 16.5. The molecule has 2 amide bonds. The van der Waals surface area contributed by atoms with Gasteiger partial charge >= 0.3 is 23.9 Å². The zero-order valence-electron chi connectivity index (χ0n) is 65.8. The molecule has 3 atom stereocenters. The Balaban J connectivity index is 0.000000178. The van der Waals surface area contributed by atoms with Gasteiger partial charge in [0.1, 0.15) is 0 Å². The quantitative estimate of drug-likeness (QED) is 0.0502. The number of ether oxygens (including phenoxy) is 6. The molecule has 0 fully saturated rings. The van der Waals surface area contributed by atoms with Crippen molar-refractivity contribution >= 4 is 35.7 Å². The monoisotopic (exact) mass is 1480 g/mol. The van der Waals surface area contributed by atoms with Gasteiger partial charge in [-0.3, -0.25) is 24.0 Å². The van der Waals surface area contributed by atoms with Crippen molar-refractivity contribution < 1.29 is 62.3 Å². The van der Waals surface area contributed by atoms with E-state index in [0.717, 1.165) is 138 Å². The number of nitrogens with one attached hydrogen (secondary N) is 1. The molecule has 3 aliphatic heterocycles. The van der Waals surface area contributed by atoms with E-state index in [4.69, 9.17) is 33.5 Å². The van der Waals surface area contributed by atoms with Crippen molar-refractivity contribution in [2.24, 2.45) is 0 Å². The fourth-order valence-corrected chi connectivity index (χ4v) is 14.3. The lowest BCUT2D eigenvalue weighted by atomic mass is 9.84. The first kappa shape index (κ1) is 82.0. The van der Waals surface area contributed by atoms with Crippen LogP contribution in [0.5, 0.6) is 17.6 Å². The van der Waals surface area contributed by atoms with Crippen molar-refractivity contribution in [2.75, 3.05) is 60.8 Å². The minimum Gasteiger partial charge on any atom is -0.481 e. The number of esters is 3. The lowest BCUT2D eigenvalue weighted by molar-refractivity contribution is -0.144. The van der Waals surface area contributed by atoms with E-state index in [1.165, 1.54) is 22.3 Å². The van der Waals surface area contributed by atoms with Crippen molar-refractivity contribution in [2.45, 2.75) is 159 Å². The van der Waals surface area contributed by atoms with Crippen LogP contribution < -0.4 is 19.5 Å². The first-order valence-corrected chi connectivity index (χ1v) is 37.4. The molecule has 0 bridgehead atoms. The molecule has 3 aromatic heterocycles. The summed E-state index contributed by atoms with van der Waals surface area (Å²) >= 11 is 0. The molecule has 0 spiro atoms. The zero-order valence-corrected chi connectivity index (χ0v) is 65.8. The van der Waals surface area contributed by atoms with E-state index in [0.29, 0.717) is 75.6 Å². The Hall–Kier alpha value is -11.1. The van der Waals surface area contributed by atoms with Crippen LogP contribution in [0.2, 0.25) is 0 Å². The predicted octanol–water partition coefficient (Wildman–Crippen LogP) is 15.7. The van der Waals surface area contributed by atoms with Gasteiger partial charge in [-0.05, 0) is 227 Å². The van der Waals surface area contributed by atoms with E-state index in [1.54, 1.807) is 46.7 Å². The molecule has 2 N–H and O–H groups in total. The Bertz CT molecular complexity index is 4560. The van der Waals surface area contributed by atoms with Crippen LogP contribution in [0.4, 0.5) is 0 Å². The maximum atomic E-state index is 13.4. The van der Waals surface area contributed by atoms with Crippen molar-refractivity contribution in [3.63, 3.8) is 0 Å². The fraction of sp³-hybridized carbons (Fsp3) is 0.367. The molecule has 572 valence electrons. The topological polar surface area (TPSA) is 235 Å². The normalized spacial score (nSPS) is 13.4. The van der Waals surface area contributed by atoms with Gasteiger partial charge in [0, 0.05) is 98.4 Å². The van der Waals surface area contributed by atoms with Crippen molar-refractivity contribution in [3.8, 4) is 17.6 Å². The number of amides is 2. The number of rotatable bonds is 21. The predicted molar refractivity (Wildman–Crippen MR) is 422 cm³/mol. The molecule has 0 radical (unpaired) electrons. The Kier molecular flexibility index (Phi) is 29.1. The lowest BCUT2D eigenvalue weighted by Gasteiger charge is -2.30. The summed E-state index contributed by atoms with van der Waals surface area (Å²) in [6.45, 7) is 28.5. The van der Waals surface area contributed by atoms with Gasteiger partial charge in [-0.25, -0.2) is 19.7 Å². The van der Waals surface area contributed by atoms with E-state index in [2.05, 4.69) is 74.9 Å². The number of hydrogen-bond acceptors (Lipinski definition) is 16. The fourth-order valence-electron chi connectivity index (χ4n) is 14.3. The molecule has 0 saturated heterocycles. The number of fused-ring (bicyclic) bond motifs is 3. The maximum absolute atomic E-state index is 13.4. The first-order valence-electron chi connectivity index (χ1n) is 37.4. The van der Waals surface area contributed by atoms with E-state index in [1.807, 2.05) is 159 Å². The molecule has 9 aromatic rings. The second-order valence-electron chi connectivity index (χ2n) is 28.2. The third-order valence-electron chi connectivity index (χ3n) is 20.4.